The van der Waals surface area contributed by atoms with Gasteiger partial charge in [-0.15, -0.1) is 0 Å². The smallest absolute Gasteiger partial charge is 0.0263 e. The van der Waals surface area contributed by atoms with Gasteiger partial charge < -0.3 is 0 Å². The summed E-state index contributed by atoms with van der Waals surface area (Å²) in [5, 5.41) is 4.98. The summed E-state index contributed by atoms with van der Waals surface area (Å²) in [5.74, 6) is 0. The lowest BCUT2D eigenvalue weighted by atomic mass is 10.1. The fourth-order valence-corrected chi connectivity index (χ4v) is 15.6. The van der Waals surface area contributed by atoms with Crippen molar-refractivity contribution in [2.75, 3.05) is 6.16 Å². The maximum atomic E-state index is 6.95. The number of rotatable bonds is 8. The van der Waals surface area contributed by atoms with E-state index in [9.17, 15) is 0 Å². The van der Waals surface area contributed by atoms with E-state index in [0.29, 0.717) is 0 Å². The average Bonchev–Trinajstić information content (AvgIpc) is 2.98. The Kier molecular flexibility index (Phi) is 8.04. The van der Waals surface area contributed by atoms with Gasteiger partial charge in [-0.1, -0.05) is 169 Å². The van der Waals surface area contributed by atoms with E-state index in [0.717, 1.165) is 6.16 Å². The topological polar surface area (TPSA) is 0 Å². The van der Waals surface area contributed by atoms with Crippen molar-refractivity contribution in [2.45, 2.75) is 12.6 Å². The van der Waals surface area contributed by atoms with Gasteiger partial charge in [0.15, 0.2) is 0 Å². The molecular formula is C33H30P2S2. The summed E-state index contributed by atoms with van der Waals surface area (Å²) in [6, 6.07) is 47.3. The summed E-state index contributed by atoms with van der Waals surface area (Å²) in [6.45, 7) is 2.21. The van der Waals surface area contributed by atoms with Gasteiger partial charge in [0.2, 0.25) is 0 Å². The SMILES string of the molecule is Cc1ccccc1C(CP(=S)(c1ccccc1)c1ccccc1)P(=S)(c1ccccc1)c1ccccc1. The zero-order valence-electron chi connectivity index (χ0n) is 20.9. The van der Waals surface area contributed by atoms with Gasteiger partial charge in [0.05, 0.1) is 0 Å². The Morgan fingerprint density at radius 3 is 1.24 bits per heavy atom. The van der Waals surface area contributed by atoms with E-state index in [-0.39, 0.29) is 5.66 Å². The molecular weight excluding hydrogens is 522 g/mol. The molecule has 0 aromatic heterocycles. The van der Waals surface area contributed by atoms with E-state index in [1.807, 2.05) is 0 Å². The molecule has 0 aliphatic heterocycles. The van der Waals surface area contributed by atoms with E-state index in [4.69, 9.17) is 23.6 Å². The van der Waals surface area contributed by atoms with Gasteiger partial charge >= 0.3 is 0 Å². The van der Waals surface area contributed by atoms with Crippen molar-refractivity contribution in [1.82, 2.24) is 0 Å². The quantitative estimate of drug-likeness (QED) is 0.185. The van der Waals surface area contributed by atoms with Crippen molar-refractivity contribution in [3.05, 3.63) is 157 Å². The third kappa shape index (κ3) is 5.22. The molecule has 0 aliphatic carbocycles. The van der Waals surface area contributed by atoms with E-state index >= 15 is 0 Å². The van der Waals surface area contributed by atoms with Crippen LogP contribution in [0.15, 0.2) is 146 Å². The van der Waals surface area contributed by atoms with Gasteiger partial charge in [-0.05, 0) is 45.4 Å². The molecule has 37 heavy (non-hydrogen) atoms. The van der Waals surface area contributed by atoms with Crippen LogP contribution in [0.25, 0.3) is 0 Å². The van der Waals surface area contributed by atoms with Gasteiger partial charge in [0.25, 0.3) is 0 Å². The molecule has 0 saturated carbocycles. The lowest BCUT2D eigenvalue weighted by molar-refractivity contribution is 1.07. The monoisotopic (exact) mass is 552 g/mol. The highest BCUT2D eigenvalue weighted by atomic mass is 32.4. The van der Waals surface area contributed by atoms with Crippen LogP contribution in [0.4, 0.5) is 0 Å². The molecule has 0 nitrogen and oxygen atoms in total. The fraction of sp³-hybridized carbons (Fsp3) is 0.0909. The molecule has 5 aromatic carbocycles. The van der Waals surface area contributed by atoms with Crippen LogP contribution in [0.5, 0.6) is 0 Å². The minimum Gasteiger partial charge on any atom is -0.0876 e. The lowest BCUT2D eigenvalue weighted by Gasteiger charge is -2.37. The van der Waals surface area contributed by atoms with E-state index in [1.165, 1.54) is 32.3 Å². The average molecular weight is 553 g/mol. The van der Waals surface area contributed by atoms with Crippen LogP contribution in [-0.4, -0.2) is 6.16 Å². The van der Waals surface area contributed by atoms with Crippen molar-refractivity contribution < 1.29 is 0 Å². The molecule has 0 radical (unpaired) electrons. The van der Waals surface area contributed by atoms with Crippen LogP contribution in [-0.2, 0) is 23.6 Å². The van der Waals surface area contributed by atoms with Gasteiger partial charge in [-0.25, -0.2) is 0 Å². The zero-order chi connectivity index (χ0) is 25.7. The van der Waals surface area contributed by atoms with Gasteiger partial charge in [0, 0.05) is 17.7 Å². The number of hydrogen-bond donors (Lipinski definition) is 0. The highest BCUT2D eigenvalue weighted by Gasteiger charge is 2.38. The van der Waals surface area contributed by atoms with Crippen LogP contribution in [0.2, 0.25) is 0 Å². The van der Waals surface area contributed by atoms with Crippen LogP contribution in [0.3, 0.4) is 0 Å². The van der Waals surface area contributed by atoms with Crippen LogP contribution in [0.1, 0.15) is 16.8 Å². The standard InChI is InChI=1S/C33H30P2S2/c1-27-16-14-15-25-32(27)33(35(37,30-21-10-4-11-22-30)31-23-12-5-13-24-31)26-34(36,28-17-6-2-7-18-28)29-19-8-3-9-20-29/h2-25,33H,26H2,1H3. The molecule has 0 spiro atoms. The molecule has 0 saturated heterocycles. The molecule has 0 bridgehead atoms. The maximum Gasteiger partial charge on any atom is 0.0263 e. The number of hydrogen-bond acceptors (Lipinski definition) is 2. The van der Waals surface area contributed by atoms with Crippen LogP contribution < -0.4 is 21.2 Å². The summed E-state index contributed by atoms with van der Waals surface area (Å²) in [6.07, 6.45) is 0.836. The van der Waals surface area contributed by atoms with Crippen LogP contribution >= 0.6 is 12.1 Å². The first kappa shape index (κ1) is 26.0. The first-order valence-electron chi connectivity index (χ1n) is 12.5. The second-order valence-corrected chi connectivity index (χ2v) is 18.7. The van der Waals surface area contributed by atoms with Gasteiger partial charge in [-0.2, -0.15) is 0 Å². The predicted molar refractivity (Wildman–Crippen MR) is 172 cm³/mol. The maximum absolute atomic E-state index is 6.95. The Morgan fingerprint density at radius 2 is 0.838 bits per heavy atom. The van der Waals surface area contributed by atoms with Crippen molar-refractivity contribution in [3.8, 4) is 0 Å². The van der Waals surface area contributed by atoms with Gasteiger partial charge in [0.1, 0.15) is 0 Å². The summed E-state index contributed by atoms with van der Waals surface area (Å²) < 4.78 is 0. The Hall–Kier alpha value is -2.60. The number of aryl methyl sites for hydroxylation is 1. The Morgan fingerprint density at radius 1 is 0.486 bits per heavy atom. The second kappa shape index (κ2) is 11.4. The minimum atomic E-state index is -2.33. The van der Waals surface area contributed by atoms with E-state index in [2.05, 4.69) is 153 Å². The first-order chi connectivity index (χ1) is 18.0. The van der Waals surface area contributed by atoms with Gasteiger partial charge in [-0.3, -0.25) is 0 Å². The predicted octanol–water partition coefficient (Wildman–Crippen LogP) is 7.30. The van der Waals surface area contributed by atoms with Crippen molar-refractivity contribution in [2.24, 2.45) is 0 Å². The molecule has 4 heteroatoms. The molecule has 1 atom stereocenters. The summed E-state index contributed by atoms with van der Waals surface area (Å²) in [5.41, 5.74) is 2.69. The molecule has 0 N–H and O–H groups in total. The van der Waals surface area contributed by atoms with Crippen molar-refractivity contribution in [1.29, 1.82) is 0 Å². The molecule has 0 amide bonds. The third-order valence-corrected chi connectivity index (χ3v) is 17.7. The largest absolute Gasteiger partial charge is 0.0876 e. The summed E-state index contributed by atoms with van der Waals surface area (Å²) >= 11 is 13.8. The molecule has 5 aromatic rings. The highest BCUT2D eigenvalue weighted by Crippen LogP contribution is 2.63. The van der Waals surface area contributed by atoms with Crippen molar-refractivity contribution in [3.63, 3.8) is 0 Å². The summed E-state index contributed by atoms with van der Waals surface area (Å²) in [4.78, 5) is 0. The van der Waals surface area contributed by atoms with E-state index in [1.54, 1.807) is 0 Å². The molecule has 0 aliphatic rings. The van der Waals surface area contributed by atoms with E-state index < -0.39 is 12.1 Å². The number of benzene rings is 5. The molecule has 184 valence electrons. The Labute approximate surface area is 231 Å². The molecule has 0 fully saturated rings. The second-order valence-electron chi connectivity index (χ2n) is 9.29. The highest BCUT2D eigenvalue weighted by molar-refractivity contribution is 8.24. The lowest BCUT2D eigenvalue weighted by Crippen LogP contribution is -2.27. The fourth-order valence-electron chi connectivity index (χ4n) is 5.12. The Bertz CT molecular complexity index is 1460. The zero-order valence-corrected chi connectivity index (χ0v) is 24.3. The molecule has 0 heterocycles. The molecule has 1 unspecified atom stereocenters. The Balaban J connectivity index is 1.80. The normalized spacial score (nSPS) is 12.7. The summed E-state index contributed by atoms with van der Waals surface area (Å²) in [7, 11) is 0. The van der Waals surface area contributed by atoms with Crippen molar-refractivity contribution >= 4 is 56.9 Å². The minimum absolute atomic E-state index is 0.0970. The van der Waals surface area contributed by atoms with Crippen LogP contribution in [0, 0.1) is 6.92 Å². The first-order valence-corrected chi connectivity index (χ1v) is 18.4. The third-order valence-electron chi connectivity index (χ3n) is 7.04. The molecule has 5 rings (SSSR count).